The van der Waals surface area contributed by atoms with Crippen LogP contribution in [0, 0.1) is 5.92 Å². The minimum atomic E-state index is -3.47. The van der Waals surface area contributed by atoms with Gasteiger partial charge in [-0.3, -0.25) is 0 Å². The number of piperidine rings is 1. The fourth-order valence-electron chi connectivity index (χ4n) is 2.29. The third-order valence-corrected chi connectivity index (χ3v) is 5.36. The number of hydrogen-bond acceptors (Lipinski definition) is 4. The molecule has 5 nitrogen and oxygen atoms in total. The third-order valence-electron chi connectivity index (χ3n) is 3.58. The zero-order valence-corrected chi connectivity index (χ0v) is 11.4. The van der Waals surface area contributed by atoms with E-state index in [1.165, 1.54) is 10.4 Å². The molecule has 0 aromatic carbocycles. The first kappa shape index (κ1) is 13.6. The zero-order valence-electron chi connectivity index (χ0n) is 10.6. The Labute approximate surface area is 108 Å². The molecule has 1 saturated heterocycles. The lowest BCUT2D eigenvalue weighted by molar-refractivity contribution is 0.263. The molecule has 6 heteroatoms. The number of furan rings is 1. The van der Waals surface area contributed by atoms with Gasteiger partial charge in [0.05, 0.1) is 6.54 Å². The molecular formula is C12H20N2O3S. The second-order valence-corrected chi connectivity index (χ2v) is 6.55. The van der Waals surface area contributed by atoms with Gasteiger partial charge in [0.25, 0.3) is 10.0 Å². The van der Waals surface area contributed by atoms with Crippen molar-refractivity contribution in [2.24, 2.45) is 11.7 Å². The standard InChI is InChI=1S/C12H20N2O3S/c1-2-10-5-7-14(8-6-10)18(15,16)12-4-3-11(9-13)17-12/h3-4,10H,2,5-9,13H2,1H3. The van der Waals surface area contributed by atoms with Crippen molar-refractivity contribution in [2.45, 2.75) is 37.8 Å². The van der Waals surface area contributed by atoms with Crippen LogP contribution in [0.3, 0.4) is 0 Å². The van der Waals surface area contributed by atoms with Gasteiger partial charge in [0.1, 0.15) is 5.76 Å². The Kier molecular flexibility index (Phi) is 4.09. The molecule has 0 unspecified atom stereocenters. The minimum Gasteiger partial charge on any atom is -0.447 e. The summed E-state index contributed by atoms with van der Waals surface area (Å²) in [5.74, 6) is 1.14. The highest BCUT2D eigenvalue weighted by Gasteiger charge is 2.30. The number of hydrogen-bond donors (Lipinski definition) is 1. The van der Waals surface area contributed by atoms with Crippen LogP contribution in [0.25, 0.3) is 0 Å². The molecule has 0 bridgehead atoms. The van der Waals surface area contributed by atoms with Crippen LogP contribution >= 0.6 is 0 Å². The van der Waals surface area contributed by atoms with E-state index in [1.807, 2.05) is 0 Å². The molecule has 0 saturated carbocycles. The average molecular weight is 272 g/mol. The van der Waals surface area contributed by atoms with Crippen LogP contribution in [0.5, 0.6) is 0 Å². The van der Waals surface area contributed by atoms with E-state index in [4.69, 9.17) is 10.2 Å². The maximum atomic E-state index is 12.3. The van der Waals surface area contributed by atoms with Crippen molar-refractivity contribution in [3.63, 3.8) is 0 Å². The van der Waals surface area contributed by atoms with Crippen LogP contribution in [0.4, 0.5) is 0 Å². The summed E-state index contributed by atoms with van der Waals surface area (Å²) in [6, 6.07) is 3.11. The van der Waals surface area contributed by atoms with Gasteiger partial charge in [-0.15, -0.1) is 0 Å². The molecular weight excluding hydrogens is 252 g/mol. The Morgan fingerprint density at radius 1 is 1.39 bits per heavy atom. The summed E-state index contributed by atoms with van der Waals surface area (Å²) in [6.45, 7) is 3.53. The molecule has 1 aliphatic heterocycles. The lowest BCUT2D eigenvalue weighted by Crippen LogP contribution is -2.38. The van der Waals surface area contributed by atoms with Crippen LogP contribution in [0.2, 0.25) is 0 Å². The van der Waals surface area contributed by atoms with Crippen molar-refractivity contribution in [1.29, 1.82) is 0 Å². The molecule has 18 heavy (non-hydrogen) atoms. The maximum Gasteiger partial charge on any atom is 0.276 e. The number of sulfonamides is 1. The fraction of sp³-hybridized carbons (Fsp3) is 0.667. The van der Waals surface area contributed by atoms with E-state index in [2.05, 4.69) is 6.92 Å². The predicted molar refractivity (Wildman–Crippen MR) is 68.4 cm³/mol. The molecule has 1 aromatic rings. The highest BCUT2D eigenvalue weighted by atomic mass is 32.2. The van der Waals surface area contributed by atoms with Crippen molar-refractivity contribution < 1.29 is 12.8 Å². The number of nitrogens with two attached hydrogens (primary N) is 1. The molecule has 2 rings (SSSR count). The van der Waals surface area contributed by atoms with Crippen molar-refractivity contribution in [3.05, 3.63) is 17.9 Å². The molecule has 2 N–H and O–H groups in total. The lowest BCUT2D eigenvalue weighted by atomic mass is 9.96. The van der Waals surface area contributed by atoms with Crippen molar-refractivity contribution >= 4 is 10.0 Å². The van der Waals surface area contributed by atoms with Crippen LogP contribution in [-0.4, -0.2) is 25.8 Å². The van der Waals surface area contributed by atoms with E-state index in [1.54, 1.807) is 6.07 Å². The second kappa shape index (κ2) is 5.42. The Morgan fingerprint density at radius 2 is 2.06 bits per heavy atom. The van der Waals surface area contributed by atoms with Crippen molar-refractivity contribution in [1.82, 2.24) is 4.31 Å². The van der Waals surface area contributed by atoms with Gasteiger partial charge in [-0.25, -0.2) is 8.42 Å². The SMILES string of the molecule is CCC1CCN(S(=O)(=O)c2ccc(CN)o2)CC1. The summed E-state index contributed by atoms with van der Waals surface area (Å²) >= 11 is 0. The fourth-order valence-corrected chi connectivity index (χ4v) is 3.69. The molecule has 0 atom stereocenters. The highest BCUT2D eigenvalue weighted by Crippen LogP contribution is 2.26. The minimum absolute atomic E-state index is 0.0119. The summed E-state index contributed by atoms with van der Waals surface area (Å²) in [4.78, 5) is 0. The van der Waals surface area contributed by atoms with E-state index in [-0.39, 0.29) is 11.6 Å². The van der Waals surface area contributed by atoms with Crippen LogP contribution in [0.1, 0.15) is 31.9 Å². The third kappa shape index (κ3) is 2.60. The molecule has 0 spiro atoms. The summed E-state index contributed by atoms with van der Waals surface area (Å²) in [5.41, 5.74) is 5.42. The Morgan fingerprint density at radius 3 is 2.56 bits per heavy atom. The van der Waals surface area contributed by atoms with Crippen LogP contribution in [-0.2, 0) is 16.6 Å². The van der Waals surface area contributed by atoms with Gasteiger partial charge in [-0.2, -0.15) is 4.31 Å². The highest BCUT2D eigenvalue weighted by molar-refractivity contribution is 7.89. The Balaban J connectivity index is 2.12. The summed E-state index contributed by atoms with van der Waals surface area (Å²) in [5, 5.41) is 0.0119. The first-order valence-corrected chi connectivity index (χ1v) is 7.81. The van der Waals surface area contributed by atoms with Gasteiger partial charge in [0, 0.05) is 13.1 Å². The second-order valence-electron chi connectivity index (χ2n) is 4.68. The monoisotopic (exact) mass is 272 g/mol. The molecule has 102 valence electrons. The van der Waals surface area contributed by atoms with Gasteiger partial charge in [-0.1, -0.05) is 13.3 Å². The molecule has 2 heterocycles. The summed E-state index contributed by atoms with van der Waals surface area (Å²) in [7, 11) is -3.47. The number of nitrogens with zero attached hydrogens (tertiary/aromatic N) is 1. The van der Waals surface area contributed by atoms with Gasteiger partial charge < -0.3 is 10.2 Å². The molecule has 0 amide bonds. The largest absolute Gasteiger partial charge is 0.447 e. The Hall–Kier alpha value is -0.850. The lowest BCUT2D eigenvalue weighted by Gasteiger charge is -2.29. The van der Waals surface area contributed by atoms with Gasteiger partial charge in [-0.05, 0) is 30.9 Å². The summed E-state index contributed by atoms with van der Waals surface area (Å²) < 4.78 is 31.4. The van der Waals surface area contributed by atoms with E-state index in [0.29, 0.717) is 24.8 Å². The van der Waals surface area contributed by atoms with E-state index in [9.17, 15) is 8.42 Å². The van der Waals surface area contributed by atoms with Gasteiger partial charge in [0.2, 0.25) is 5.09 Å². The van der Waals surface area contributed by atoms with E-state index in [0.717, 1.165) is 19.3 Å². The first-order chi connectivity index (χ1) is 8.57. The normalized spacial score (nSPS) is 19.2. The zero-order chi connectivity index (χ0) is 13.2. The topological polar surface area (TPSA) is 76.5 Å². The molecule has 1 aromatic heterocycles. The molecule has 1 aliphatic rings. The van der Waals surface area contributed by atoms with Crippen molar-refractivity contribution in [3.8, 4) is 0 Å². The van der Waals surface area contributed by atoms with Gasteiger partial charge in [0.15, 0.2) is 0 Å². The predicted octanol–water partition coefficient (Wildman–Crippen LogP) is 1.55. The first-order valence-electron chi connectivity index (χ1n) is 6.37. The van der Waals surface area contributed by atoms with Crippen molar-refractivity contribution in [2.75, 3.05) is 13.1 Å². The van der Waals surface area contributed by atoms with E-state index < -0.39 is 10.0 Å². The summed E-state index contributed by atoms with van der Waals surface area (Å²) in [6.07, 6.45) is 2.98. The Bertz CT molecular complexity index is 487. The van der Waals surface area contributed by atoms with Crippen LogP contribution in [0.15, 0.2) is 21.6 Å². The molecule has 1 fully saturated rings. The van der Waals surface area contributed by atoms with E-state index >= 15 is 0 Å². The quantitative estimate of drug-likeness (QED) is 0.902. The van der Waals surface area contributed by atoms with Gasteiger partial charge >= 0.3 is 0 Å². The smallest absolute Gasteiger partial charge is 0.276 e. The maximum absolute atomic E-state index is 12.3. The number of rotatable bonds is 4. The van der Waals surface area contributed by atoms with Crippen LogP contribution < -0.4 is 5.73 Å². The average Bonchev–Trinajstić information content (AvgIpc) is 2.88. The molecule has 0 aliphatic carbocycles. The molecule has 0 radical (unpaired) electrons.